The van der Waals surface area contributed by atoms with Crippen LogP contribution in [0.25, 0.3) is 0 Å². The van der Waals surface area contributed by atoms with Gasteiger partial charge in [0.1, 0.15) is 0 Å². The Morgan fingerprint density at radius 3 is 2.35 bits per heavy atom. The van der Waals surface area contributed by atoms with Gasteiger partial charge in [-0.3, -0.25) is 9.59 Å². The molecule has 2 amide bonds. The van der Waals surface area contributed by atoms with Gasteiger partial charge in [0.15, 0.2) is 0 Å². The standard InChI is InChI=1S/C17H19N3O5S/c1-25-11-10-19-26(23,24)13-8-6-12(7-9-13)17(22)20-15-5-3-2-4-14(15)16(18)21/h2-9,19H,10-11H2,1H3,(H2,18,21)(H,20,22). The number of rotatable bonds is 8. The summed E-state index contributed by atoms with van der Waals surface area (Å²) >= 11 is 0. The lowest BCUT2D eigenvalue weighted by atomic mass is 10.1. The van der Waals surface area contributed by atoms with Crippen molar-refractivity contribution in [2.75, 3.05) is 25.6 Å². The maximum atomic E-state index is 12.3. The Kier molecular flexibility index (Phi) is 6.45. The van der Waals surface area contributed by atoms with E-state index < -0.39 is 21.8 Å². The van der Waals surface area contributed by atoms with E-state index in [1.807, 2.05) is 0 Å². The van der Waals surface area contributed by atoms with Crippen molar-refractivity contribution in [1.29, 1.82) is 0 Å². The second-order valence-electron chi connectivity index (χ2n) is 5.28. The van der Waals surface area contributed by atoms with E-state index in [-0.39, 0.29) is 34.9 Å². The number of methoxy groups -OCH3 is 1. The van der Waals surface area contributed by atoms with Crippen LogP contribution in [-0.2, 0) is 14.8 Å². The molecule has 0 bridgehead atoms. The summed E-state index contributed by atoms with van der Waals surface area (Å²) in [6.07, 6.45) is 0. The number of anilines is 1. The van der Waals surface area contributed by atoms with Crippen molar-refractivity contribution in [3.63, 3.8) is 0 Å². The first-order valence-electron chi connectivity index (χ1n) is 7.64. The van der Waals surface area contributed by atoms with Crippen LogP contribution >= 0.6 is 0 Å². The van der Waals surface area contributed by atoms with Crippen molar-refractivity contribution in [3.8, 4) is 0 Å². The molecule has 0 spiro atoms. The molecule has 0 unspecified atom stereocenters. The molecule has 2 rings (SSSR count). The lowest BCUT2D eigenvalue weighted by molar-refractivity contribution is 0.100. The minimum Gasteiger partial charge on any atom is -0.383 e. The summed E-state index contributed by atoms with van der Waals surface area (Å²) in [4.78, 5) is 23.7. The number of nitrogens with one attached hydrogen (secondary N) is 2. The van der Waals surface area contributed by atoms with E-state index in [4.69, 9.17) is 10.5 Å². The lowest BCUT2D eigenvalue weighted by Crippen LogP contribution is -2.27. The van der Waals surface area contributed by atoms with Crippen LogP contribution in [0.3, 0.4) is 0 Å². The van der Waals surface area contributed by atoms with Gasteiger partial charge in [0.2, 0.25) is 10.0 Å². The number of hydrogen-bond donors (Lipinski definition) is 3. The fourth-order valence-corrected chi connectivity index (χ4v) is 3.16. The molecule has 0 aliphatic rings. The number of nitrogens with two attached hydrogens (primary N) is 1. The molecule has 0 atom stereocenters. The maximum Gasteiger partial charge on any atom is 0.255 e. The third-order valence-electron chi connectivity index (χ3n) is 3.47. The zero-order chi connectivity index (χ0) is 19.2. The van der Waals surface area contributed by atoms with Gasteiger partial charge in [-0.1, -0.05) is 12.1 Å². The van der Waals surface area contributed by atoms with E-state index in [0.717, 1.165) is 0 Å². The van der Waals surface area contributed by atoms with E-state index in [1.54, 1.807) is 18.2 Å². The Morgan fingerprint density at radius 1 is 1.08 bits per heavy atom. The molecule has 2 aromatic carbocycles. The van der Waals surface area contributed by atoms with Gasteiger partial charge in [0.05, 0.1) is 22.8 Å². The van der Waals surface area contributed by atoms with Crippen LogP contribution in [-0.4, -0.2) is 40.5 Å². The highest BCUT2D eigenvalue weighted by molar-refractivity contribution is 7.89. The average molecular weight is 377 g/mol. The van der Waals surface area contributed by atoms with Gasteiger partial charge in [0, 0.05) is 19.2 Å². The van der Waals surface area contributed by atoms with Gasteiger partial charge in [-0.05, 0) is 36.4 Å². The number of para-hydroxylation sites is 1. The van der Waals surface area contributed by atoms with Crippen LogP contribution in [0.4, 0.5) is 5.69 Å². The van der Waals surface area contributed by atoms with Crippen molar-refractivity contribution in [1.82, 2.24) is 4.72 Å². The summed E-state index contributed by atoms with van der Waals surface area (Å²) in [5.74, 6) is -1.15. The summed E-state index contributed by atoms with van der Waals surface area (Å²) in [6, 6.07) is 11.7. The third-order valence-corrected chi connectivity index (χ3v) is 4.94. The minimum absolute atomic E-state index is 0.0303. The number of carbonyl (C=O) groups excluding carboxylic acids is 2. The number of ether oxygens (including phenoxy) is 1. The SMILES string of the molecule is COCCNS(=O)(=O)c1ccc(C(=O)Nc2ccccc2C(N)=O)cc1. The third kappa shape index (κ3) is 4.88. The van der Waals surface area contributed by atoms with Crippen molar-refractivity contribution < 1.29 is 22.7 Å². The van der Waals surface area contributed by atoms with Crippen LogP contribution in [0.5, 0.6) is 0 Å². The average Bonchev–Trinajstić information content (AvgIpc) is 2.62. The number of hydrogen-bond acceptors (Lipinski definition) is 5. The predicted molar refractivity (Wildman–Crippen MR) is 96.4 cm³/mol. The highest BCUT2D eigenvalue weighted by Crippen LogP contribution is 2.16. The molecule has 8 nitrogen and oxygen atoms in total. The molecule has 2 aromatic rings. The van der Waals surface area contributed by atoms with Crippen LogP contribution in [0.15, 0.2) is 53.4 Å². The Labute approximate surface area is 151 Å². The van der Waals surface area contributed by atoms with E-state index >= 15 is 0 Å². The summed E-state index contributed by atoms with van der Waals surface area (Å²) in [5.41, 5.74) is 5.97. The van der Waals surface area contributed by atoms with Crippen LogP contribution in [0.2, 0.25) is 0 Å². The molecule has 0 aromatic heterocycles. The first kappa shape index (κ1) is 19.6. The van der Waals surface area contributed by atoms with E-state index in [9.17, 15) is 18.0 Å². The van der Waals surface area contributed by atoms with Crippen molar-refractivity contribution in [2.24, 2.45) is 5.73 Å². The monoisotopic (exact) mass is 377 g/mol. The molecule has 0 aliphatic heterocycles. The number of primary amides is 1. The van der Waals surface area contributed by atoms with Crippen molar-refractivity contribution in [2.45, 2.75) is 4.90 Å². The molecular weight excluding hydrogens is 358 g/mol. The largest absolute Gasteiger partial charge is 0.383 e. The molecule has 0 fully saturated rings. The Bertz CT molecular complexity index is 895. The quantitative estimate of drug-likeness (QED) is 0.591. The van der Waals surface area contributed by atoms with Crippen LogP contribution in [0, 0.1) is 0 Å². The molecule has 26 heavy (non-hydrogen) atoms. The fourth-order valence-electron chi connectivity index (χ4n) is 2.15. The molecule has 9 heteroatoms. The maximum absolute atomic E-state index is 12.3. The molecule has 0 saturated carbocycles. The zero-order valence-electron chi connectivity index (χ0n) is 14.1. The molecule has 138 valence electrons. The second-order valence-corrected chi connectivity index (χ2v) is 7.05. The van der Waals surface area contributed by atoms with Crippen molar-refractivity contribution >= 4 is 27.5 Å². The van der Waals surface area contributed by atoms with Gasteiger partial charge in [-0.25, -0.2) is 13.1 Å². The normalized spacial score (nSPS) is 11.1. The van der Waals surface area contributed by atoms with Gasteiger partial charge >= 0.3 is 0 Å². The van der Waals surface area contributed by atoms with E-state index in [0.29, 0.717) is 0 Å². The number of sulfonamides is 1. The highest BCUT2D eigenvalue weighted by atomic mass is 32.2. The van der Waals surface area contributed by atoms with Crippen LogP contribution in [0.1, 0.15) is 20.7 Å². The molecule has 0 aliphatic carbocycles. The summed E-state index contributed by atoms with van der Waals surface area (Å²) in [5, 5.41) is 2.59. The summed E-state index contributed by atoms with van der Waals surface area (Å²) < 4.78 is 31.3. The predicted octanol–water partition coefficient (Wildman–Crippen LogP) is 0.962. The smallest absolute Gasteiger partial charge is 0.255 e. The summed E-state index contributed by atoms with van der Waals surface area (Å²) in [7, 11) is -2.20. The van der Waals surface area contributed by atoms with E-state index in [1.165, 1.54) is 37.4 Å². The van der Waals surface area contributed by atoms with Gasteiger partial charge in [-0.15, -0.1) is 0 Å². The highest BCUT2D eigenvalue weighted by Gasteiger charge is 2.15. The Morgan fingerprint density at radius 2 is 1.73 bits per heavy atom. The molecule has 4 N–H and O–H groups in total. The summed E-state index contributed by atoms with van der Waals surface area (Å²) in [6.45, 7) is 0.393. The first-order valence-corrected chi connectivity index (χ1v) is 9.12. The number of benzene rings is 2. The first-order chi connectivity index (χ1) is 12.3. The van der Waals surface area contributed by atoms with Gasteiger partial charge in [-0.2, -0.15) is 0 Å². The fraction of sp³-hybridized carbons (Fsp3) is 0.176. The van der Waals surface area contributed by atoms with E-state index in [2.05, 4.69) is 10.0 Å². The Balaban J connectivity index is 2.13. The van der Waals surface area contributed by atoms with Gasteiger partial charge < -0.3 is 15.8 Å². The zero-order valence-corrected chi connectivity index (χ0v) is 14.9. The molecule has 0 saturated heterocycles. The lowest BCUT2D eigenvalue weighted by Gasteiger charge is -2.10. The Hall–Kier alpha value is -2.75. The molecular formula is C17H19N3O5S. The number of amides is 2. The van der Waals surface area contributed by atoms with Gasteiger partial charge in [0.25, 0.3) is 11.8 Å². The minimum atomic E-state index is -3.67. The van der Waals surface area contributed by atoms with Crippen molar-refractivity contribution in [3.05, 3.63) is 59.7 Å². The molecule has 0 radical (unpaired) electrons. The second kappa shape index (κ2) is 8.56. The number of carbonyl (C=O) groups is 2. The molecule has 0 heterocycles. The van der Waals surface area contributed by atoms with Crippen LogP contribution < -0.4 is 15.8 Å². The topological polar surface area (TPSA) is 128 Å².